The number of rotatable bonds is 6. The van der Waals surface area contributed by atoms with Crippen LogP contribution in [0.3, 0.4) is 0 Å². The van der Waals surface area contributed by atoms with Gasteiger partial charge in [0.25, 0.3) is 0 Å². The SMILES string of the molecule is OC1CC(CC2CCC(c3ccccc3)CC2)CCCc2cc(OCc3ccccc3)ccc21. The summed E-state index contributed by atoms with van der Waals surface area (Å²) in [6.45, 7) is 0.580. The number of aryl methyl sites for hydroxylation is 1. The Morgan fingerprint density at radius 1 is 0.765 bits per heavy atom. The molecule has 2 unspecified atom stereocenters. The lowest BCUT2D eigenvalue weighted by Crippen LogP contribution is -2.20. The predicted molar refractivity (Wildman–Crippen MR) is 139 cm³/mol. The number of hydrogen-bond acceptors (Lipinski definition) is 2. The van der Waals surface area contributed by atoms with Gasteiger partial charge in [-0.3, -0.25) is 0 Å². The first kappa shape index (κ1) is 23.2. The van der Waals surface area contributed by atoms with Crippen LogP contribution in [0.5, 0.6) is 5.75 Å². The molecule has 1 fully saturated rings. The molecule has 2 nitrogen and oxygen atoms in total. The van der Waals surface area contributed by atoms with E-state index in [0.29, 0.717) is 12.5 Å². The average molecular weight is 455 g/mol. The molecular weight excluding hydrogens is 416 g/mol. The van der Waals surface area contributed by atoms with Gasteiger partial charge >= 0.3 is 0 Å². The summed E-state index contributed by atoms with van der Waals surface area (Å²) in [6, 6.07) is 27.6. The number of hydrogen-bond donors (Lipinski definition) is 1. The molecule has 1 N–H and O–H groups in total. The van der Waals surface area contributed by atoms with Gasteiger partial charge in [0.1, 0.15) is 12.4 Å². The van der Waals surface area contributed by atoms with Crippen molar-refractivity contribution in [2.75, 3.05) is 0 Å². The van der Waals surface area contributed by atoms with Gasteiger partial charge < -0.3 is 9.84 Å². The zero-order valence-electron chi connectivity index (χ0n) is 20.2. The summed E-state index contributed by atoms with van der Waals surface area (Å²) in [7, 11) is 0. The molecule has 2 atom stereocenters. The maximum atomic E-state index is 11.1. The quantitative estimate of drug-likeness (QED) is 0.409. The standard InChI is InChI=1S/C32H38O2/c33-32-21-26(20-24-14-16-28(17-15-24)27-11-5-2-6-12-27)10-7-13-29-22-30(18-19-31(29)32)34-23-25-8-3-1-4-9-25/h1-6,8-9,11-12,18-19,22,24,26,28,32-33H,7,10,13-17,20-21,23H2. The third-order valence-electron chi connectivity index (χ3n) is 8.12. The fourth-order valence-corrected chi connectivity index (χ4v) is 6.24. The summed E-state index contributed by atoms with van der Waals surface area (Å²) in [6.07, 6.45) is 10.6. The monoisotopic (exact) mass is 454 g/mol. The molecule has 3 aromatic rings. The van der Waals surface area contributed by atoms with Crippen molar-refractivity contribution in [1.29, 1.82) is 0 Å². The molecule has 2 heteroatoms. The van der Waals surface area contributed by atoms with E-state index in [1.807, 2.05) is 24.3 Å². The van der Waals surface area contributed by atoms with Gasteiger partial charge in [0, 0.05) is 0 Å². The summed E-state index contributed by atoms with van der Waals surface area (Å²) in [5.41, 5.74) is 5.07. The first-order valence-corrected chi connectivity index (χ1v) is 13.3. The maximum absolute atomic E-state index is 11.1. The van der Waals surface area contributed by atoms with Crippen LogP contribution in [0, 0.1) is 11.8 Å². The normalized spacial score (nSPS) is 25.1. The second kappa shape index (κ2) is 11.2. The van der Waals surface area contributed by atoms with Gasteiger partial charge in [-0.1, -0.05) is 73.2 Å². The minimum atomic E-state index is -0.357. The number of benzene rings is 3. The largest absolute Gasteiger partial charge is 0.489 e. The van der Waals surface area contributed by atoms with E-state index in [1.54, 1.807) is 0 Å². The molecule has 0 spiro atoms. The van der Waals surface area contributed by atoms with E-state index in [4.69, 9.17) is 4.74 Å². The summed E-state index contributed by atoms with van der Waals surface area (Å²) in [5, 5.41) is 11.1. The van der Waals surface area contributed by atoms with Crippen molar-refractivity contribution in [3.05, 3.63) is 101 Å². The van der Waals surface area contributed by atoms with Crippen LogP contribution < -0.4 is 4.74 Å². The van der Waals surface area contributed by atoms with Crippen molar-refractivity contribution >= 4 is 0 Å². The minimum Gasteiger partial charge on any atom is -0.489 e. The Hall–Kier alpha value is -2.58. The highest BCUT2D eigenvalue weighted by molar-refractivity contribution is 5.37. The number of aliphatic hydroxyl groups excluding tert-OH is 1. The van der Waals surface area contributed by atoms with Gasteiger partial charge in [-0.15, -0.1) is 0 Å². The zero-order chi connectivity index (χ0) is 23.2. The highest BCUT2D eigenvalue weighted by atomic mass is 16.5. The Labute approximate surface area is 205 Å². The zero-order valence-corrected chi connectivity index (χ0v) is 20.2. The Balaban J connectivity index is 1.15. The lowest BCUT2D eigenvalue weighted by Gasteiger charge is -2.33. The number of ether oxygens (including phenoxy) is 1. The Morgan fingerprint density at radius 3 is 2.26 bits per heavy atom. The molecule has 0 amide bonds. The van der Waals surface area contributed by atoms with Gasteiger partial charge in [0.2, 0.25) is 0 Å². The van der Waals surface area contributed by atoms with Crippen molar-refractivity contribution in [3.63, 3.8) is 0 Å². The highest BCUT2D eigenvalue weighted by Crippen LogP contribution is 2.41. The predicted octanol–water partition coefficient (Wildman–Crippen LogP) is 8.01. The van der Waals surface area contributed by atoms with E-state index in [9.17, 15) is 5.11 Å². The molecule has 2 aliphatic rings. The van der Waals surface area contributed by atoms with Crippen molar-refractivity contribution in [2.45, 2.75) is 76.4 Å². The first-order chi connectivity index (χ1) is 16.7. The van der Waals surface area contributed by atoms with Crippen LogP contribution >= 0.6 is 0 Å². The van der Waals surface area contributed by atoms with Gasteiger partial charge in [-0.2, -0.15) is 0 Å². The van der Waals surface area contributed by atoms with Crippen LogP contribution in [0.2, 0.25) is 0 Å². The van der Waals surface area contributed by atoms with Gasteiger partial charge in [0.05, 0.1) is 6.10 Å². The van der Waals surface area contributed by atoms with Crippen LogP contribution in [0.1, 0.15) is 85.6 Å². The molecule has 1 saturated carbocycles. The maximum Gasteiger partial charge on any atom is 0.120 e. The summed E-state index contributed by atoms with van der Waals surface area (Å²) >= 11 is 0. The molecule has 34 heavy (non-hydrogen) atoms. The molecule has 5 rings (SSSR count). The van der Waals surface area contributed by atoms with Crippen molar-refractivity contribution in [3.8, 4) is 5.75 Å². The van der Waals surface area contributed by atoms with E-state index in [2.05, 4.69) is 54.6 Å². The van der Waals surface area contributed by atoms with E-state index < -0.39 is 0 Å². The molecule has 2 aliphatic carbocycles. The lowest BCUT2D eigenvalue weighted by molar-refractivity contribution is 0.122. The molecule has 0 aliphatic heterocycles. The fourth-order valence-electron chi connectivity index (χ4n) is 6.24. The highest BCUT2D eigenvalue weighted by Gasteiger charge is 2.27. The van der Waals surface area contributed by atoms with Crippen LogP contribution in [-0.4, -0.2) is 5.11 Å². The van der Waals surface area contributed by atoms with Crippen molar-refractivity contribution in [1.82, 2.24) is 0 Å². The van der Waals surface area contributed by atoms with Gasteiger partial charge in [-0.05, 0) is 104 Å². The van der Waals surface area contributed by atoms with E-state index in [1.165, 1.54) is 61.6 Å². The van der Waals surface area contributed by atoms with Crippen molar-refractivity contribution < 1.29 is 9.84 Å². The summed E-state index contributed by atoms with van der Waals surface area (Å²) in [4.78, 5) is 0. The second-order valence-corrected chi connectivity index (χ2v) is 10.5. The molecule has 0 saturated heterocycles. The Bertz CT molecular complexity index is 1020. The third-order valence-corrected chi connectivity index (χ3v) is 8.12. The Kier molecular flexibility index (Phi) is 7.65. The molecule has 0 aromatic heterocycles. The molecule has 3 aromatic carbocycles. The molecule has 178 valence electrons. The van der Waals surface area contributed by atoms with Crippen LogP contribution in [0.4, 0.5) is 0 Å². The summed E-state index contributed by atoms with van der Waals surface area (Å²) < 4.78 is 6.05. The molecule has 0 bridgehead atoms. The van der Waals surface area contributed by atoms with Gasteiger partial charge in [0.15, 0.2) is 0 Å². The number of aliphatic hydroxyl groups is 1. The number of fused-ring (bicyclic) bond motifs is 1. The second-order valence-electron chi connectivity index (χ2n) is 10.5. The van der Waals surface area contributed by atoms with Crippen LogP contribution in [0.25, 0.3) is 0 Å². The topological polar surface area (TPSA) is 29.5 Å². The fraction of sp³-hybridized carbons (Fsp3) is 0.438. The first-order valence-electron chi connectivity index (χ1n) is 13.3. The van der Waals surface area contributed by atoms with Crippen LogP contribution in [0.15, 0.2) is 78.9 Å². The Morgan fingerprint density at radius 2 is 1.50 bits per heavy atom. The lowest BCUT2D eigenvalue weighted by atomic mass is 9.73. The molecule has 0 radical (unpaired) electrons. The van der Waals surface area contributed by atoms with Crippen molar-refractivity contribution in [2.24, 2.45) is 11.8 Å². The smallest absolute Gasteiger partial charge is 0.120 e. The molecule has 0 heterocycles. The van der Waals surface area contributed by atoms with E-state index in [0.717, 1.165) is 36.0 Å². The van der Waals surface area contributed by atoms with Gasteiger partial charge in [-0.25, -0.2) is 0 Å². The average Bonchev–Trinajstić information content (AvgIpc) is 2.88. The van der Waals surface area contributed by atoms with E-state index in [-0.39, 0.29) is 6.10 Å². The minimum absolute atomic E-state index is 0.357. The summed E-state index contributed by atoms with van der Waals surface area (Å²) in [5.74, 6) is 3.10. The molecular formula is C32H38O2. The van der Waals surface area contributed by atoms with E-state index >= 15 is 0 Å². The van der Waals surface area contributed by atoms with Crippen LogP contribution in [-0.2, 0) is 13.0 Å². The third kappa shape index (κ3) is 5.91.